The van der Waals surface area contributed by atoms with E-state index in [4.69, 9.17) is 14.2 Å². The molecule has 3 aromatic rings. The Balaban J connectivity index is 1.28. The van der Waals surface area contributed by atoms with Crippen LogP contribution in [0.15, 0.2) is 60.7 Å². The molecule has 2 aliphatic heterocycles. The topological polar surface area (TPSA) is 100 Å². The average molecular weight is 393 g/mol. The molecule has 9 nitrogen and oxygen atoms in total. The molecule has 2 fully saturated rings. The van der Waals surface area contributed by atoms with E-state index in [0.29, 0.717) is 18.1 Å². The Bertz CT molecular complexity index is 981. The maximum absolute atomic E-state index is 12.2. The summed E-state index contributed by atoms with van der Waals surface area (Å²) in [6.45, 7) is 0.636. The van der Waals surface area contributed by atoms with E-state index in [1.165, 1.54) is 0 Å². The minimum atomic E-state index is -0.537. The van der Waals surface area contributed by atoms with Crippen molar-refractivity contribution in [3.63, 3.8) is 0 Å². The minimum absolute atomic E-state index is 0.198. The van der Waals surface area contributed by atoms with Crippen LogP contribution in [-0.2, 0) is 14.2 Å². The van der Waals surface area contributed by atoms with Crippen molar-refractivity contribution in [1.29, 1.82) is 0 Å². The molecule has 0 aliphatic carbocycles. The summed E-state index contributed by atoms with van der Waals surface area (Å²) in [6.07, 6.45) is -1.69. The van der Waals surface area contributed by atoms with Crippen molar-refractivity contribution in [3.05, 3.63) is 60.7 Å². The van der Waals surface area contributed by atoms with Crippen molar-refractivity contribution in [2.24, 2.45) is 0 Å². The van der Waals surface area contributed by atoms with Gasteiger partial charge in [-0.25, -0.2) is 9.48 Å². The predicted octanol–water partition coefficient (Wildman–Crippen LogP) is 2.30. The number of amides is 1. The Kier molecular flexibility index (Phi) is 4.66. The lowest BCUT2D eigenvalue weighted by Crippen LogP contribution is -2.35. The normalized spacial score (nSPS) is 25.5. The highest BCUT2D eigenvalue weighted by atomic mass is 16.6. The van der Waals surface area contributed by atoms with Crippen LogP contribution in [-0.4, -0.2) is 57.8 Å². The lowest BCUT2D eigenvalue weighted by molar-refractivity contribution is 0.00774. The molecule has 0 radical (unpaired) electrons. The summed E-state index contributed by atoms with van der Waals surface area (Å²) in [7, 11) is 0. The first-order valence-electron chi connectivity index (χ1n) is 9.39. The third kappa shape index (κ3) is 3.45. The maximum atomic E-state index is 12.2. The van der Waals surface area contributed by atoms with E-state index >= 15 is 0 Å². The molecule has 5 rings (SSSR count). The van der Waals surface area contributed by atoms with Crippen molar-refractivity contribution in [1.82, 2.24) is 20.2 Å². The molecule has 0 saturated carbocycles. The molecule has 1 N–H and O–H groups in total. The molecule has 29 heavy (non-hydrogen) atoms. The summed E-state index contributed by atoms with van der Waals surface area (Å²) < 4.78 is 19.1. The van der Waals surface area contributed by atoms with Gasteiger partial charge in [-0.1, -0.05) is 48.5 Å². The second-order valence-electron chi connectivity index (χ2n) is 6.91. The van der Waals surface area contributed by atoms with Gasteiger partial charge in [0, 0.05) is 11.3 Å². The molecule has 9 heteroatoms. The number of nitrogens with zero attached hydrogens (tertiary/aromatic N) is 4. The molecule has 148 valence electrons. The summed E-state index contributed by atoms with van der Waals surface area (Å²) in [5.41, 5.74) is 1.58. The number of tetrazole rings is 1. The van der Waals surface area contributed by atoms with Crippen LogP contribution in [0, 0.1) is 0 Å². The fraction of sp³-hybridized carbons (Fsp3) is 0.300. The number of hydrogen-bond donors (Lipinski definition) is 1. The number of aromatic nitrogens is 4. The molecule has 2 aromatic carbocycles. The van der Waals surface area contributed by atoms with Crippen LogP contribution >= 0.6 is 0 Å². The van der Waals surface area contributed by atoms with Gasteiger partial charge in [0.1, 0.15) is 18.2 Å². The predicted molar refractivity (Wildman–Crippen MR) is 102 cm³/mol. The Labute approximate surface area is 166 Å². The van der Waals surface area contributed by atoms with E-state index in [-0.39, 0.29) is 24.9 Å². The van der Waals surface area contributed by atoms with Crippen LogP contribution in [0.1, 0.15) is 6.04 Å². The third-order valence-corrected chi connectivity index (χ3v) is 5.10. The standard InChI is InChI=1S/C20H19N5O4/c26-20(21-14-9-5-2-6-10-14)29-16-12-28-17-15(11-27-18(16)17)25-19(22-23-24-25)13-7-3-1-4-8-13/h1-10,15-18H,11-12H2,(H,21,26). The largest absolute Gasteiger partial charge is 0.441 e. The fourth-order valence-electron chi connectivity index (χ4n) is 3.76. The Hall–Kier alpha value is -3.30. The summed E-state index contributed by atoms with van der Waals surface area (Å²) in [5, 5.41) is 14.8. The molecule has 0 bridgehead atoms. The van der Waals surface area contributed by atoms with E-state index in [1.54, 1.807) is 16.8 Å². The molecule has 2 saturated heterocycles. The molecule has 2 aliphatic rings. The molecular formula is C20H19N5O4. The van der Waals surface area contributed by atoms with Crippen molar-refractivity contribution in [3.8, 4) is 11.4 Å². The van der Waals surface area contributed by atoms with E-state index in [2.05, 4.69) is 20.8 Å². The molecule has 3 heterocycles. The van der Waals surface area contributed by atoms with Gasteiger partial charge in [-0.3, -0.25) is 5.32 Å². The van der Waals surface area contributed by atoms with Crippen LogP contribution in [0.5, 0.6) is 0 Å². The van der Waals surface area contributed by atoms with Gasteiger partial charge in [-0.15, -0.1) is 5.10 Å². The highest BCUT2D eigenvalue weighted by Crippen LogP contribution is 2.36. The van der Waals surface area contributed by atoms with Gasteiger partial charge >= 0.3 is 6.09 Å². The number of nitrogens with one attached hydrogen (secondary N) is 1. The minimum Gasteiger partial charge on any atom is -0.441 e. The van der Waals surface area contributed by atoms with E-state index in [1.807, 2.05) is 48.5 Å². The van der Waals surface area contributed by atoms with Gasteiger partial charge in [0.25, 0.3) is 0 Å². The van der Waals surface area contributed by atoms with E-state index in [9.17, 15) is 4.79 Å². The highest BCUT2D eigenvalue weighted by molar-refractivity contribution is 5.84. The number of carbonyl (C=O) groups excluding carboxylic acids is 1. The van der Waals surface area contributed by atoms with Gasteiger partial charge in [-0.05, 0) is 22.6 Å². The molecule has 0 spiro atoms. The number of hydrogen-bond acceptors (Lipinski definition) is 7. The third-order valence-electron chi connectivity index (χ3n) is 5.10. The van der Waals surface area contributed by atoms with Crippen molar-refractivity contribution in [2.75, 3.05) is 18.5 Å². The van der Waals surface area contributed by atoms with Crippen LogP contribution in [0.4, 0.5) is 10.5 Å². The second kappa shape index (κ2) is 7.61. The van der Waals surface area contributed by atoms with E-state index < -0.39 is 12.2 Å². The highest BCUT2D eigenvalue weighted by Gasteiger charge is 2.51. The van der Waals surface area contributed by atoms with Crippen LogP contribution in [0.3, 0.4) is 0 Å². The summed E-state index contributed by atoms with van der Waals surface area (Å²) >= 11 is 0. The van der Waals surface area contributed by atoms with Crippen molar-refractivity contribution in [2.45, 2.75) is 24.4 Å². The molecule has 4 unspecified atom stereocenters. The first kappa shape index (κ1) is 17.8. The lowest BCUT2D eigenvalue weighted by atomic mass is 10.1. The van der Waals surface area contributed by atoms with Gasteiger partial charge in [0.15, 0.2) is 11.9 Å². The van der Waals surface area contributed by atoms with Gasteiger partial charge in [0.2, 0.25) is 0 Å². The van der Waals surface area contributed by atoms with Gasteiger partial charge < -0.3 is 14.2 Å². The van der Waals surface area contributed by atoms with Crippen LogP contribution in [0.2, 0.25) is 0 Å². The van der Waals surface area contributed by atoms with Gasteiger partial charge in [-0.2, -0.15) is 0 Å². The van der Waals surface area contributed by atoms with E-state index in [0.717, 1.165) is 5.56 Å². The molecule has 4 atom stereocenters. The second-order valence-corrected chi connectivity index (χ2v) is 6.91. The number of benzene rings is 2. The summed E-state index contributed by atoms with van der Waals surface area (Å²) in [5.74, 6) is 0.648. The maximum Gasteiger partial charge on any atom is 0.412 e. The quantitative estimate of drug-likeness (QED) is 0.726. The molecule has 1 amide bonds. The van der Waals surface area contributed by atoms with Crippen LogP contribution < -0.4 is 5.32 Å². The number of anilines is 1. The van der Waals surface area contributed by atoms with Crippen molar-refractivity contribution >= 4 is 11.8 Å². The Morgan fingerprint density at radius 1 is 1.00 bits per heavy atom. The zero-order valence-corrected chi connectivity index (χ0v) is 15.4. The Morgan fingerprint density at radius 2 is 1.72 bits per heavy atom. The lowest BCUT2D eigenvalue weighted by Gasteiger charge is -2.18. The SMILES string of the molecule is O=C(Nc1ccccc1)OC1COC2C1OCC2n1nnnc1-c1ccccc1. The molecular weight excluding hydrogens is 374 g/mol. The number of fused-ring (bicyclic) bond motifs is 1. The Morgan fingerprint density at radius 3 is 2.52 bits per heavy atom. The zero-order chi connectivity index (χ0) is 19.6. The number of ether oxygens (including phenoxy) is 3. The zero-order valence-electron chi connectivity index (χ0n) is 15.4. The smallest absolute Gasteiger partial charge is 0.412 e. The van der Waals surface area contributed by atoms with Gasteiger partial charge in [0.05, 0.1) is 13.2 Å². The van der Waals surface area contributed by atoms with Crippen LogP contribution in [0.25, 0.3) is 11.4 Å². The number of carbonyl (C=O) groups is 1. The first-order chi connectivity index (χ1) is 14.3. The van der Waals surface area contributed by atoms with Crippen molar-refractivity contribution < 1.29 is 19.0 Å². The monoisotopic (exact) mass is 393 g/mol. The molecule has 1 aromatic heterocycles. The first-order valence-corrected chi connectivity index (χ1v) is 9.39. The summed E-state index contributed by atoms with van der Waals surface area (Å²) in [4.78, 5) is 12.2. The average Bonchev–Trinajstić information content (AvgIpc) is 3.47. The fourth-order valence-corrected chi connectivity index (χ4v) is 3.76. The number of para-hydroxylation sites is 1. The summed E-state index contributed by atoms with van der Waals surface area (Å²) in [6, 6.07) is 18.6. The number of rotatable bonds is 4.